The number of carbonyl (C=O) groups is 1. The lowest BCUT2D eigenvalue weighted by molar-refractivity contribution is -0.127. The van der Waals surface area contributed by atoms with E-state index in [-0.39, 0.29) is 12.5 Å². The standard InChI is InChI=1S/C22H25N3O3S/c1-4-15-9-10-16-20(13-15)29-22(23-16)25(12-11-24(2)3)21(26)19-14-27-17-7-5-6-8-18(17)28-19/h5-10,13,19H,4,11-12,14H2,1-3H3. The van der Waals surface area contributed by atoms with Crippen LogP contribution in [0.1, 0.15) is 12.5 Å². The maximum atomic E-state index is 13.4. The van der Waals surface area contributed by atoms with E-state index in [0.29, 0.717) is 23.2 Å². The van der Waals surface area contributed by atoms with Crippen LogP contribution in [0.25, 0.3) is 10.2 Å². The fourth-order valence-electron chi connectivity index (χ4n) is 3.21. The molecule has 0 radical (unpaired) electrons. The van der Waals surface area contributed by atoms with E-state index >= 15 is 0 Å². The summed E-state index contributed by atoms with van der Waals surface area (Å²) >= 11 is 1.54. The molecule has 3 aromatic rings. The lowest BCUT2D eigenvalue weighted by Gasteiger charge is -2.30. The van der Waals surface area contributed by atoms with E-state index in [0.717, 1.165) is 23.2 Å². The molecule has 29 heavy (non-hydrogen) atoms. The molecule has 1 aliphatic rings. The summed E-state index contributed by atoms with van der Waals surface area (Å²) in [5, 5.41) is 0.697. The van der Waals surface area contributed by atoms with Gasteiger partial charge < -0.3 is 14.4 Å². The Morgan fingerprint density at radius 3 is 2.72 bits per heavy atom. The molecule has 1 atom stereocenters. The number of nitrogens with zero attached hydrogens (tertiary/aromatic N) is 3. The van der Waals surface area contributed by atoms with Crippen LogP contribution in [0, 0.1) is 0 Å². The van der Waals surface area contributed by atoms with Gasteiger partial charge in [-0.05, 0) is 50.3 Å². The lowest BCUT2D eigenvalue weighted by Crippen LogP contribution is -2.48. The molecule has 6 nitrogen and oxygen atoms in total. The van der Waals surface area contributed by atoms with E-state index < -0.39 is 6.10 Å². The summed E-state index contributed by atoms with van der Waals surface area (Å²) in [5.74, 6) is 1.14. The molecule has 0 saturated heterocycles. The number of benzene rings is 2. The zero-order valence-electron chi connectivity index (χ0n) is 16.9. The molecule has 0 N–H and O–H groups in total. The Balaban J connectivity index is 1.62. The van der Waals surface area contributed by atoms with Crippen molar-refractivity contribution in [3.05, 3.63) is 48.0 Å². The summed E-state index contributed by atoms with van der Waals surface area (Å²) in [6.07, 6.45) is 0.282. The third kappa shape index (κ3) is 4.21. The van der Waals surface area contributed by atoms with Crippen LogP contribution < -0.4 is 14.4 Å². The molecule has 4 rings (SSSR count). The maximum Gasteiger partial charge on any atom is 0.273 e. The van der Waals surface area contributed by atoms with Crippen LogP contribution in [0.15, 0.2) is 42.5 Å². The molecular weight excluding hydrogens is 386 g/mol. The third-order valence-electron chi connectivity index (χ3n) is 4.90. The van der Waals surface area contributed by atoms with Crippen molar-refractivity contribution in [2.45, 2.75) is 19.4 Å². The molecule has 152 valence electrons. The van der Waals surface area contributed by atoms with Gasteiger partial charge in [-0.15, -0.1) is 0 Å². The highest BCUT2D eigenvalue weighted by molar-refractivity contribution is 7.22. The Bertz CT molecular complexity index is 1020. The van der Waals surface area contributed by atoms with Crippen molar-refractivity contribution < 1.29 is 14.3 Å². The predicted octanol–water partition coefficient (Wildman–Crippen LogP) is 3.59. The van der Waals surface area contributed by atoms with Crippen molar-refractivity contribution in [3.63, 3.8) is 0 Å². The molecule has 1 aliphatic heterocycles. The number of carbonyl (C=O) groups excluding carboxylic acids is 1. The average molecular weight is 412 g/mol. The normalized spacial score (nSPS) is 15.7. The molecule has 1 amide bonds. The number of thiazole rings is 1. The minimum Gasteiger partial charge on any atom is -0.485 e. The third-order valence-corrected chi connectivity index (χ3v) is 5.94. The first-order chi connectivity index (χ1) is 14.0. The molecule has 2 aromatic carbocycles. The van der Waals surface area contributed by atoms with Crippen molar-refractivity contribution >= 4 is 32.6 Å². The van der Waals surface area contributed by atoms with Gasteiger partial charge in [0.15, 0.2) is 16.6 Å². The van der Waals surface area contributed by atoms with E-state index in [1.807, 2.05) is 44.4 Å². The second-order valence-electron chi connectivity index (χ2n) is 7.31. The van der Waals surface area contributed by atoms with E-state index in [2.05, 4.69) is 24.0 Å². The Hall–Kier alpha value is -2.64. The van der Waals surface area contributed by atoms with Crippen LogP contribution in [0.4, 0.5) is 5.13 Å². The molecule has 0 aliphatic carbocycles. The van der Waals surface area contributed by atoms with Crippen molar-refractivity contribution in [3.8, 4) is 11.5 Å². The smallest absolute Gasteiger partial charge is 0.273 e. The number of hydrogen-bond donors (Lipinski definition) is 0. The zero-order chi connectivity index (χ0) is 20.4. The van der Waals surface area contributed by atoms with Crippen molar-refractivity contribution in [1.29, 1.82) is 0 Å². The maximum absolute atomic E-state index is 13.4. The molecule has 1 unspecified atom stereocenters. The van der Waals surface area contributed by atoms with Gasteiger partial charge in [0.1, 0.15) is 6.61 Å². The van der Waals surface area contributed by atoms with E-state index in [4.69, 9.17) is 14.5 Å². The van der Waals surface area contributed by atoms with Crippen molar-refractivity contribution in [2.24, 2.45) is 0 Å². The molecule has 0 bridgehead atoms. The Kier molecular flexibility index (Phi) is 5.69. The van der Waals surface area contributed by atoms with E-state index in [1.54, 1.807) is 16.2 Å². The first kappa shape index (κ1) is 19.7. The zero-order valence-corrected chi connectivity index (χ0v) is 17.7. The highest BCUT2D eigenvalue weighted by atomic mass is 32.1. The summed E-state index contributed by atoms with van der Waals surface area (Å²) in [4.78, 5) is 21.9. The van der Waals surface area contributed by atoms with E-state index in [1.165, 1.54) is 5.56 Å². The van der Waals surface area contributed by atoms with Crippen LogP contribution in [-0.2, 0) is 11.2 Å². The number of amides is 1. The quantitative estimate of drug-likeness (QED) is 0.620. The molecule has 7 heteroatoms. The average Bonchev–Trinajstić information content (AvgIpc) is 3.15. The second kappa shape index (κ2) is 8.39. The number of aromatic nitrogens is 1. The van der Waals surface area contributed by atoms with Gasteiger partial charge in [-0.25, -0.2) is 4.98 Å². The summed E-state index contributed by atoms with van der Waals surface area (Å²) < 4.78 is 12.8. The number of aryl methyl sites for hydroxylation is 1. The number of fused-ring (bicyclic) bond motifs is 2. The predicted molar refractivity (Wildman–Crippen MR) is 116 cm³/mol. The number of ether oxygens (including phenoxy) is 2. The van der Waals surface area contributed by atoms with E-state index in [9.17, 15) is 4.79 Å². The van der Waals surface area contributed by atoms with Crippen LogP contribution >= 0.6 is 11.3 Å². The summed E-state index contributed by atoms with van der Waals surface area (Å²) in [7, 11) is 3.98. The largest absolute Gasteiger partial charge is 0.485 e. The van der Waals surface area contributed by atoms with Gasteiger partial charge in [0.05, 0.1) is 10.2 Å². The molecular formula is C22H25N3O3S. The van der Waals surface area contributed by atoms with Crippen LogP contribution in [0.5, 0.6) is 11.5 Å². The summed E-state index contributed by atoms with van der Waals surface area (Å²) in [6, 6.07) is 13.7. The summed E-state index contributed by atoms with van der Waals surface area (Å²) in [5.41, 5.74) is 2.18. The number of likely N-dealkylation sites (N-methyl/N-ethyl adjacent to an activating group) is 1. The number of para-hydroxylation sites is 2. The Morgan fingerprint density at radius 1 is 1.17 bits per heavy atom. The van der Waals surface area contributed by atoms with Crippen LogP contribution in [0.3, 0.4) is 0 Å². The monoisotopic (exact) mass is 411 g/mol. The van der Waals surface area contributed by atoms with Gasteiger partial charge in [-0.1, -0.05) is 36.5 Å². The van der Waals surface area contributed by atoms with Crippen molar-refractivity contribution in [2.75, 3.05) is 38.7 Å². The minimum atomic E-state index is -0.690. The number of rotatable bonds is 6. The fourth-order valence-corrected chi connectivity index (χ4v) is 4.27. The fraction of sp³-hybridized carbons (Fsp3) is 0.364. The topological polar surface area (TPSA) is 54.9 Å². The van der Waals surface area contributed by atoms with Crippen molar-refractivity contribution in [1.82, 2.24) is 9.88 Å². The number of hydrogen-bond acceptors (Lipinski definition) is 6. The lowest BCUT2D eigenvalue weighted by atomic mass is 10.2. The number of anilines is 1. The van der Waals surface area contributed by atoms with Crippen LogP contribution in [0.2, 0.25) is 0 Å². The van der Waals surface area contributed by atoms with Gasteiger partial charge in [0.25, 0.3) is 5.91 Å². The SMILES string of the molecule is CCc1ccc2nc(N(CCN(C)C)C(=O)C3COc4ccccc4O3)sc2c1. The highest BCUT2D eigenvalue weighted by Gasteiger charge is 2.33. The van der Waals surface area contributed by atoms with Gasteiger partial charge in [-0.3, -0.25) is 9.69 Å². The Labute approximate surface area is 174 Å². The second-order valence-corrected chi connectivity index (χ2v) is 8.32. The Morgan fingerprint density at radius 2 is 1.97 bits per heavy atom. The first-order valence-corrected chi connectivity index (χ1v) is 10.6. The highest BCUT2D eigenvalue weighted by Crippen LogP contribution is 2.33. The molecule has 1 aromatic heterocycles. The molecule has 0 fully saturated rings. The van der Waals surface area contributed by atoms with Gasteiger partial charge in [-0.2, -0.15) is 0 Å². The van der Waals surface area contributed by atoms with Gasteiger partial charge in [0.2, 0.25) is 6.10 Å². The van der Waals surface area contributed by atoms with Crippen LogP contribution in [-0.4, -0.2) is 55.7 Å². The van der Waals surface area contributed by atoms with Gasteiger partial charge in [0, 0.05) is 13.1 Å². The first-order valence-electron chi connectivity index (χ1n) is 9.79. The summed E-state index contributed by atoms with van der Waals surface area (Å²) in [6.45, 7) is 3.59. The molecule has 2 heterocycles. The molecule has 0 spiro atoms. The molecule has 0 saturated carbocycles. The minimum absolute atomic E-state index is 0.129. The van der Waals surface area contributed by atoms with Gasteiger partial charge >= 0.3 is 0 Å².